The minimum Gasteiger partial charge on any atom is -0.258 e. The minimum absolute atomic E-state index is 0.654. The van der Waals surface area contributed by atoms with Gasteiger partial charge in [-0.1, -0.05) is 6.92 Å². The van der Waals surface area contributed by atoms with E-state index in [0.717, 1.165) is 11.8 Å². The zero-order valence-corrected chi connectivity index (χ0v) is 4.07. The van der Waals surface area contributed by atoms with Crippen LogP contribution in [0.5, 0.6) is 0 Å². The third-order valence-electron chi connectivity index (χ3n) is 1.54. The van der Waals surface area contributed by atoms with Gasteiger partial charge in [0.05, 0.1) is 0 Å². The van der Waals surface area contributed by atoms with E-state index >= 15 is 0 Å². The highest BCUT2D eigenvalue weighted by Crippen LogP contribution is 2.36. The van der Waals surface area contributed by atoms with Gasteiger partial charge in [0.15, 0.2) is 0 Å². The van der Waals surface area contributed by atoms with Crippen LogP contribution in [-0.2, 0) is 0 Å². The standard InChI is InChI=1S/C5H10N/c1-4-2-5(4)3-6/h4-6H,2-3H2,1H3. The van der Waals surface area contributed by atoms with Gasteiger partial charge in [-0.05, 0) is 18.3 Å². The molecule has 2 atom stereocenters. The summed E-state index contributed by atoms with van der Waals surface area (Å²) in [6, 6.07) is 0. The summed E-state index contributed by atoms with van der Waals surface area (Å²) in [7, 11) is 0. The second-order valence-electron chi connectivity index (χ2n) is 2.18. The van der Waals surface area contributed by atoms with Crippen LogP contribution >= 0.6 is 0 Å². The highest BCUT2D eigenvalue weighted by Gasteiger charge is 2.30. The summed E-state index contributed by atoms with van der Waals surface area (Å²) >= 11 is 0. The lowest BCUT2D eigenvalue weighted by atomic mass is 10.3. The summed E-state index contributed by atoms with van der Waals surface area (Å²) in [5, 5.41) is 0. The van der Waals surface area contributed by atoms with Crippen molar-refractivity contribution < 1.29 is 0 Å². The molecule has 1 N–H and O–H groups in total. The van der Waals surface area contributed by atoms with Crippen LogP contribution in [-0.4, -0.2) is 6.54 Å². The molecule has 0 aromatic carbocycles. The van der Waals surface area contributed by atoms with Gasteiger partial charge >= 0.3 is 0 Å². The molecule has 0 bridgehead atoms. The van der Waals surface area contributed by atoms with Gasteiger partial charge in [-0.3, -0.25) is 5.73 Å². The van der Waals surface area contributed by atoms with Crippen LogP contribution in [0.3, 0.4) is 0 Å². The zero-order valence-electron chi connectivity index (χ0n) is 4.07. The molecule has 0 amide bonds. The lowest BCUT2D eigenvalue weighted by molar-refractivity contribution is 0.748. The summed E-state index contributed by atoms with van der Waals surface area (Å²) < 4.78 is 0. The van der Waals surface area contributed by atoms with Crippen molar-refractivity contribution in [3.63, 3.8) is 0 Å². The summed E-state index contributed by atoms with van der Waals surface area (Å²) in [5.41, 5.74) is 6.85. The third-order valence-corrected chi connectivity index (χ3v) is 1.54. The van der Waals surface area contributed by atoms with Gasteiger partial charge in [0.2, 0.25) is 0 Å². The molecule has 1 heteroatoms. The van der Waals surface area contributed by atoms with E-state index in [4.69, 9.17) is 5.73 Å². The van der Waals surface area contributed by atoms with E-state index < -0.39 is 0 Å². The molecule has 2 unspecified atom stereocenters. The molecule has 0 spiro atoms. The zero-order chi connectivity index (χ0) is 4.57. The first-order valence-corrected chi connectivity index (χ1v) is 2.49. The SMILES string of the molecule is CC1CC1C[NH]. The number of hydrogen-bond donors (Lipinski definition) is 0. The fraction of sp³-hybridized carbons (Fsp3) is 1.00. The highest BCUT2D eigenvalue weighted by atomic mass is 14.6. The van der Waals surface area contributed by atoms with Crippen molar-refractivity contribution >= 4 is 0 Å². The summed E-state index contributed by atoms with van der Waals surface area (Å²) in [4.78, 5) is 0. The van der Waals surface area contributed by atoms with Crippen LogP contribution in [0.2, 0.25) is 0 Å². The van der Waals surface area contributed by atoms with Crippen LogP contribution in [0, 0.1) is 11.8 Å². The molecule has 1 aliphatic carbocycles. The van der Waals surface area contributed by atoms with Gasteiger partial charge in [-0.25, -0.2) is 0 Å². The topological polar surface area (TPSA) is 23.8 Å². The fourth-order valence-corrected chi connectivity index (χ4v) is 0.683. The molecule has 0 heterocycles. The van der Waals surface area contributed by atoms with Crippen molar-refractivity contribution in [2.75, 3.05) is 6.54 Å². The van der Waals surface area contributed by atoms with Gasteiger partial charge in [-0.2, -0.15) is 0 Å². The Bertz CT molecular complexity index is 49.9. The van der Waals surface area contributed by atoms with E-state index in [2.05, 4.69) is 6.92 Å². The minimum atomic E-state index is 0.654. The molecule has 1 nitrogen and oxygen atoms in total. The van der Waals surface area contributed by atoms with E-state index in [0.29, 0.717) is 6.54 Å². The molecule has 0 saturated heterocycles. The molecule has 6 heavy (non-hydrogen) atoms. The number of nitrogens with one attached hydrogen (secondary N) is 1. The Morgan fingerprint density at radius 2 is 2.33 bits per heavy atom. The molecular weight excluding hydrogens is 74.1 g/mol. The first-order valence-electron chi connectivity index (χ1n) is 2.49. The van der Waals surface area contributed by atoms with E-state index in [1.54, 1.807) is 0 Å². The van der Waals surface area contributed by atoms with Crippen LogP contribution in [0.25, 0.3) is 0 Å². The quantitative estimate of drug-likeness (QED) is 0.451. The van der Waals surface area contributed by atoms with Crippen molar-refractivity contribution in [1.29, 1.82) is 0 Å². The Morgan fingerprint density at radius 1 is 1.83 bits per heavy atom. The summed E-state index contributed by atoms with van der Waals surface area (Å²) in [6.07, 6.45) is 1.31. The Balaban J connectivity index is 2.09. The molecule has 1 radical (unpaired) electrons. The van der Waals surface area contributed by atoms with Gasteiger partial charge in [-0.15, -0.1) is 0 Å². The van der Waals surface area contributed by atoms with Gasteiger partial charge < -0.3 is 0 Å². The molecule has 0 aromatic rings. The second-order valence-corrected chi connectivity index (χ2v) is 2.18. The van der Waals surface area contributed by atoms with Crippen molar-refractivity contribution in [2.45, 2.75) is 13.3 Å². The maximum atomic E-state index is 6.85. The lowest BCUT2D eigenvalue weighted by Crippen LogP contribution is -1.86. The van der Waals surface area contributed by atoms with E-state index in [1.165, 1.54) is 6.42 Å². The number of hydrogen-bond acceptors (Lipinski definition) is 0. The van der Waals surface area contributed by atoms with Crippen molar-refractivity contribution in [3.8, 4) is 0 Å². The molecule has 35 valence electrons. The second kappa shape index (κ2) is 1.23. The van der Waals surface area contributed by atoms with Gasteiger partial charge in [0.1, 0.15) is 0 Å². The largest absolute Gasteiger partial charge is 0.258 e. The molecule has 1 saturated carbocycles. The summed E-state index contributed by atoms with van der Waals surface area (Å²) in [6.45, 7) is 2.86. The number of rotatable bonds is 1. The van der Waals surface area contributed by atoms with Crippen molar-refractivity contribution in [1.82, 2.24) is 5.73 Å². The molecule has 0 aromatic heterocycles. The van der Waals surface area contributed by atoms with E-state index in [1.807, 2.05) is 0 Å². The first kappa shape index (κ1) is 4.13. The Kier molecular flexibility index (Phi) is 0.845. The van der Waals surface area contributed by atoms with Crippen molar-refractivity contribution in [2.24, 2.45) is 11.8 Å². The summed E-state index contributed by atoms with van der Waals surface area (Å²) in [5.74, 6) is 1.65. The van der Waals surface area contributed by atoms with Gasteiger partial charge in [0.25, 0.3) is 0 Å². The van der Waals surface area contributed by atoms with Gasteiger partial charge in [0, 0.05) is 6.54 Å². The molecule has 1 aliphatic rings. The van der Waals surface area contributed by atoms with Crippen LogP contribution < -0.4 is 5.73 Å². The van der Waals surface area contributed by atoms with E-state index in [9.17, 15) is 0 Å². The molecule has 1 rings (SSSR count). The molecule has 1 fully saturated rings. The Morgan fingerprint density at radius 3 is 2.33 bits per heavy atom. The van der Waals surface area contributed by atoms with E-state index in [-0.39, 0.29) is 0 Å². The van der Waals surface area contributed by atoms with Crippen LogP contribution in [0.15, 0.2) is 0 Å². The Hall–Kier alpha value is -0.0400. The lowest BCUT2D eigenvalue weighted by Gasteiger charge is -1.78. The van der Waals surface area contributed by atoms with Crippen LogP contribution in [0.1, 0.15) is 13.3 Å². The van der Waals surface area contributed by atoms with Crippen LogP contribution in [0.4, 0.5) is 0 Å². The monoisotopic (exact) mass is 84.1 g/mol. The third kappa shape index (κ3) is 0.548. The van der Waals surface area contributed by atoms with Crippen molar-refractivity contribution in [3.05, 3.63) is 0 Å². The normalized spacial score (nSPS) is 43.0. The first-order chi connectivity index (χ1) is 2.84. The fourth-order valence-electron chi connectivity index (χ4n) is 0.683. The highest BCUT2D eigenvalue weighted by molar-refractivity contribution is 4.82. The maximum Gasteiger partial charge on any atom is 0.0131 e. The smallest absolute Gasteiger partial charge is 0.0131 e. The Labute approximate surface area is 38.5 Å². The predicted octanol–water partition coefficient (Wildman–Crippen LogP) is 0.925. The average Bonchev–Trinajstić information content (AvgIpc) is 2.19. The average molecular weight is 84.1 g/mol. The maximum absolute atomic E-state index is 6.85. The molecule has 0 aliphatic heterocycles. The molecular formula is C5H10N. The predicted molar refractivity (Wildman–Crippen MR) is 25.2 cm³/mol.